The zero-order valence-corrected chi connectivity index (χ0v) is 21.9. The van der Waals surface area contributed by atoms with Crippen molar-refractivity contribution in [1.29, 1.82) is 5.26 Å². The summed E-state index contributed by atoms with van der Waals surface area (Å²) in [5.41, 5.74) is 5.23. The van der Waals surface area contributed by atoms with Crippen LogP contribution in [0.1, 0.15) is 61.4 Å². The second-order valence-corrected chi connectivity index (χ2v) is 9.68. The Bertz CT molecular complexity index is 1260. The molecule has 0 aromatic heterocycles. The lowest BCUT2D eigenvalue weighted by atomic mass is 9.87. The maximum Gasteiger partial charge on any atom is 0.161 e. The highest BCUT2D eigenvalue weighted by atomic mass is 35.5. The van der Waals surface area contributed by atoms with Crippen molar-refractivity contribution in [3.05, 3.63) is 87.9 Å². The molecule has 0 bridgehead atoms. The molecule has 3 aromatic rings. The number of rotatable bonds is 8. The maximum atomic E-state index is 12.2. The van der Waals surface area contributed by atoms with Gasteiger partial charge in [-0.3, -0.25) is 4.79 Å². The molecule has 1 heterocycles. The standard InChI is InChI=1S/C30H31ClN2O3/c1-5-27(34)26(18-32)20-8-12-24(13-9-20)33-15-14-22-16-28(35-4)29(36-19(2)3)17-25(22)30(33)21-6-10-23(31)11-7-21/h6-13,16-17,19,26,30H,5,14-15H2,1-4H3/t26?,30-/m0/s1. The Balaban J connectivity index is 1.80. The summed E-state index contributed by atoms with van der Waals surface area (Å²) in [6.07, 6.45) is 1.19. The number of ketones is 1. The van der Waals surface area contributed by atoms with Crippen molar-refractivity contribution in [3.63, 3.8) is 0 Å². The van der Waals surface area contributed by atoms with E-state index >= 15 is 0 Å². The van der Waals surface area contributed by atoms with Crippen molar-refractivity contribution in [2.24, 2.45) is 0 Å². The zero-order valence-electron chi connectivity index (χ0n) is 21.1. The minimum Gasteiger partial charge on any atom is -0.493 e. The summed E-state index contributed by atoms with van der Waals surface area (Å²) in [5, 5.41) is 10.2. The molecule has 4 rings (SSSR count). The van der Waals surface area contributed by atoms with Gasteiger partial charge < -0.3 is 14.4 Å². The largest absolute Gasteiger partial charge is 0.493 e. The van der Waals surface area contributed by atoms with E-state index in [-0.39, 0.29) is 17.9 Å². The first-order valence-electron chi connectivity index (χ1n) is 12.3. The van der Waals surface area contributed by atoms with Crippen molar-refractivity contribution < 1.29 is 14.3 Å². The Kier molecular flexibility index (Phi) is 7.86. The van der Waals surface area contributed by atoms with E-state index in [9.17, 15) is 10.1 Å². The van der Waals surface area contributed by atoms with E-state index in [1.807, 2.05) is 50.2 Å². The lowest BCUT2D eigenvalue weighted by molar-refractivity contribution is -0.119. The summed E-state index contributed by atoms with van der Waals surface area (Å²) < 4.78 is 11.8. The number of carbonyl (C=O) groups excluding carboxylic acids is 1. The SMILES string of the molecule is CCC(=O)C(C#N)c1ccc(N2CCc3cc(OC)c(OC(C)C)cc3[C@@H]2c2ccc(Cl)cc2)cc1. The number of benzene rings is 3. The monoisotopic (exact) mass is 502 g/mol. The summed E-state index contributed by atoms with van der Waals surface area (Å²) in [6, 6.07) is 22.0. The molecule has 5 nitrogen and oxygen atoms in total. The minimum atomic E-state index is -0.735. The van der Waals surface area contributed by atoms with E-state index in [1.54, 1.807) is 14.0 Å². The molecule has 1 unspecified atom stereocenters. The van der Waals surface area contributed by atoms with Gasteiger partial charge in [-0.1, -0.05) is 42.8 Å². The predicted molar refractivity (Wildman–Crippen MR) is 143 cm³/mol. The highest BCUT2D eigenvalue weighted by Crippen LogP contribution is 2.43. The van der Waals surface area contributed by atoms with Gasteiger partial charge in [0, 0.05) is 23.7 Å². The zero-order chi connectivity index (χ0) is 25.8. The Morgan fingerprint density at radius 2 is 1.81 bits per heavy atom. The Labute approximate surface area is 218 Å². The first-order valence-corrected chi connectivity index (χ1v) is 12.7. The fourth-order valence-electron chi connectivity index (χ4n) is 4.81. The molecule has 0 saturated carbocycles. The summed E-state index contributed by atoms with van der Waals surface area (Å²) in [5.74, 6) is 0.653. The molecule has 0 spiro atoms. The van der Waals surface area contributed by atoms with Crippen LogP contribution in [-0.4, -0.2) is 25.5 Å². The molecule has 6 heteroatoms. The molecule has 186 valence electrons. The van der Waals surface area contributed by atoms with Crippen LogP contribution in [0.25, 0.3) is 0 Å². The van der Waals surface area contributed by atoms with Crippen LogP contribution < -0.4 is 14.4 Å². The molecule has 1 aliphatic heterocycles. The van der Waals surface area contributed by atoms with Gasteiger partial charge in [0.25, 0.3) is 0 Å². The van der Waals surface area contributed by atoms with Gasteiger partial charge in [-0.2, -0.15) is 5.26 Å². The number of nitrogens with zero attached hydrogens (tertiary/aromatic N) is 2. The molecule has 0 saturated heterocycles. The fourth-order valence-corrected chi connectivity index (χ4v) is 4.94. The van der Waals surface area contributed by atoms with Gasteiger partial charge in [-0.25, -0.2) is 0 Å². The number of fused-ring (bicyclic) bond motifs is 1. The maximum absolute atomic E-state index is 12.2. The van der Waals surface area contributed by atoms with Crippen molar-refractivity contribution in [3.8, 4) is 17.6 Å². The Morgan fingerprint density at radius 3 is 2.39 bits per heavy atom. The number of carbonyl (C=O) groups is 1. The number of hydrogen-bond acceptors (Lipinski definition) is 5. The molecule has 0 fully saturated rings. The van der Waals surface area contributed by atoms with Crippen LogP contribution >= 0.6 is 11.6 Å². The van der Waals surface area contributed by atoms with Gasteiger partial charge in [0.05, 0.1) is 25.3 Å². The third-order valence-electron chi connectivity index (χ3n) is 6.56. The lowest BCUT2D eigenvalue weighted by Crippen LogP contribution is -2.36. The molecular weight excluding hydrogens is 472 g/mol. The van der Waals surface area contributed by atoms with Crippen LogP contribution in [0.3, 0.4) is 0 Å². The van der Waals surface area contributed by atoms with Gasteiger partial charge in [-0.15, -0.1) is 0 Å². The first-order chi connectivity index (χ1) is 17.4. The van der Waals surface area contributed by atoms with E-state index in [0.717, 1.165) is 46.8 Å². The fraction of sp³-hybridized carbons (Fsp3) is 0.333. The molecule has 36 heavy (non-hydrogen) atoms. The number of ether oxygens (including phenoxy) is 2. The summed E-state index contributed by atoms with van der Waals surface area (Å²) in [6.45, 7) is 6.58. The third kappa shape index (κ3) is 5.20. The van der Waals surface area contributed by atoms with Crippen LogP contribution in [-0.2, 0) is 11.2 Å². The average molecular weight is 503 g/mol. The summed E-state index contributed by atoms with van der Waals surface area (Å²) >= 11 is 6.22. The predicted octanol–water partition coefficient (Wildman–Crippen LogP) is 6.87. The molecule has 0 aliphatic carbocycles. The Morgan fingerprint density at radius 1 is 1.11 bits per heavy atom. The second-order valence-electron chi connectivity index (χ2n) is 9.24. The molecule has 0 amide bonds. The topological polar surface area (TPSA) is 62.6 Å². The lowest BCUT2D eigenvalue weighted by Gasteiger charge is -2.40. The molecular formula is C30H31ClN2O3. The van der Waals surface area contributed by atoms with Gasteiger partial charge in [0.2, 0.25) is 0 Å². The van der Waals surface area contributed by atoms with E-state index in [2.05, 4.69) is 35.2 Å². The minimum absolute atomic E-state index is 0.0112. The average Bonchev–Trinajstić information content (AvgIpc) is 2.88. The van der Waals surface area contributed by atoms with E-state index in [4.69, 9.17) is 21.1 Å². The van der Waals surface area contributed by atoms with Crippen LogP contribution in [0.4, 0.5) is 5.69 Å². The number of nitriles is 1. The van der Waals surface area contributed by atoms with E-state index in [1.165, 1.54) is 5.56 Å². The third-order valence-corrected chi connectivity index (χ3v) is 6.81. The van der Waals surface area contributed by atoms with Crippen LogP contribution in [0.2, 0.25) is 5.02 Å². The van der Waals surface area contributed by atoms with Gasteiger partial charge in [0.1, 0.15) is 5.92 Å². The summed E-state index contributed by atoms with van der Waals surface area (Å²) in [7, 11) is 1.67. The number of methoxy groups -OCH3 is 1. The number of Topliss-reactive ketones (excluding diaryl/α,β-unsaturated/α-hetero) is 1. The normalized spacial score (nSPS) is 15.7. The van der Waals surface area contributed by atoms with Crippen LogP contribution in [0.15, 0.2) is 60.7 Å². The van der Waals surface area contributed by atoms with Gasteiger partial charge >= 0.3 is 0 Å². The number of halogens is 1. The molecule has 3 aromatic carbocycles. The quantitative estimate of drug-likeness (QED) is 0.336. The number of anilines is 1. The molecule has 2 atom stereocenters. The van der Waals surface area contributed by atoms with Crippen molar-refractivity contribution in [1.82, 2.24) is 0 Å². The highest BCUT2D eigenvalue weighted by molar-refractivity contribution is 6.30. The molecule has 1 aliphatic rings. The first kappa shape index (κ1) is 25.6. The number of hydrogen-bond donors (Lipinski definition) is 0. The van der Waals surface area contributed by atoms with Crippen molar-refractivity contribution >= 4 is 23.1 Å². The van der Waals surface area contributed by atoms with E-state index in [0.29, 0.717) is 11.4 Å². The summed E-state index contributed by atoms with van der Waals surface area (Å²) in [4.78, 5) is 14.6. The second kappa shape index (κ2) is 11.1. The van der Waals surface area contributed by atoms with Gasteiger partial charge in [-0.05, 0) is 78.9 Å². The Hall–Kier alpha value is -3.49. The van der Waals surface area contributed by atoms with Crippen molar-refractivity contribution in [2.45, 2.75) is 51.7 Å². The van der Waals surface area contributed by atoms with Gasteiger partial charge in [0.15, 0.2) is 17.3 Å². The molecule has 0 radical (unpaired) electrons. The van der Waals surface area contributed by atoms with Crippen molar-refractivity contribution in [2.75, 3.05) is 18.6 Å². The van der Waals surface area contributed by atoms with Crippen LogP contribution in [0, 0.1) is 11.3 Å². The smallest absolute Gasteiger partial charge is 0.161 e. The highest BCUT2D eigenvalue weighted by Gasteiger charge is 2.31. The van der Waals surface area contributed by atoms with Crippen LogP contribution in [0.5, 0.6) is 11.5 Å². The molecule has 0 N–H and O–H groups in total. The van der Waals surface area contributed by atoms with E-state index < -0.39 is 5.92 Å².